The number of ether oxygens (including phenoxy) is 1. The number of nitrogens with one attached hydrogen (secondary N) is 3. The van der Waals surface area contributed by atoms with Gasteiger partial charge in [-0.25, -0.2) is 4.39 Å². The molecule has 282 valence electrons. The highest BCUT2D eigenvalue weighted by atomic mass is 19.1. The summed E-state index contributed by atoms with van der Waals surface area (Å²) in [5.41, 5.74) is 5.24. The molecule has 7 nitrogen and oxygen atoms in total. The molecule has 1 aromatic heterocycles. The number of aryl methyl sites for hydroxylation is 2. The Bertz CT molecular complexity index is 1460. The monoisotopic (exact) mass is 705 g/mol. The lowest BCUT2D eigenvalue weighted by Gasteiger charge is -2.24. The first-order chi connectivity index (χ1) is 24.5. The zero-order valence-electron chi connectivity index (χ0n) is 32.6. The molecule has 3 aromatic rings. The molecule has 0 radical (unpaired) electrons. The molecule has 8 heteroatoms. The van der Waals surface area contributed by atoms with E-state index >= 15 is 0 Å². The average molecular weight is 705 g/mol. The summed E-state index contributed by atoms with van der Waals surface area (Å²) in [6.07, 6.45) is 11.4. The van der Waals surface area contributed by atoms with Gasteiger partial charge in [-0.05, 0) is 91.0 Å². The highest BCUT2D eigenvalue weighted by molar-refractivity contribution is 5.82. The van der Waals surface area contributed by atoms with E-state index in [-0.39, 0.29) is 23.5 Å². The Morgan fingerprint density at radius 2 is 1.59 bits per heavy atom. The van der Waals surface area contributed by atoms with Crippen molar-refractivity contribution >= 4 is 11.8 Å². The lowest BCUT2D eigenvalue weighted by atomic mass is 10.00. The van der Waals surface area contributed by atoms with Gasteiger partial charge in [-0.1, -0.05) is 98.1 Å². The second kappa shape index (κ2) is 24.2. The molecule has 51 heavy (non-hydrogen) atoms. The minimum Gasteiger partial charge on any atom is -0.493 e. The van der Waals surface area contributed by atoms with Crippen molar-refractivity contribution < 1.29 is 18.7 Å². The molecule has 3 N–H and O–H groups in total. The zero-order valence-corrected chi connectivity index (χ0v) is 32.6. The maximum atomic E-state index is 13.4. The fourth-order valence-electron chi connectivity index (χ4n) is 5.19. The van der Waals surface area contributed by atoms with Gasteiger partial charge in [-0.2, -0.15) is 0 Å². The number of allylic oxidation sites excluding steroid dienone is 1. The van der Waals surface area contributed by atoms with Crippen molar-refractivity contribution in [1.82, 2.24) is 20.5 Å². The highest BCUT2D eigenvalue weighted by Gasteiger charge is 2.25. The van der Waals surface area contributed by atoms with Crippen LogP contribution in [0.5, 0.6) is 5.75 Å². The second-order valence-corrected chi connectivity index (χ2v) is 13.8. The normalized spacial score (nSPS) is 13.3. The zero-order chi connectivity index (χ0) is 37.6. The summed E-state index contributed by atoms with van der Waals surface area (Å²) >= 11 is 0. The van der Waals surface area contributed by atoms with E-state index in [4.69, 9.17) is 4.74 Å². The van der Waals surface area contributed by atoms with E-state index in [1.165, 1.54) is 17.6 Å². The van der Waals surface area contributed by atoms with E-state index in [2.05, 4.69) is 63.6 Å². The Morgan fingerprint density at radius 1 is 0.902 bits per heavy atom. The lowest BCUT2D eigenvalue weighted by Crippen LogP contribution is -2.48. The lowest BCUT2D eigenvalue weighted by molar-refractivity contribution is -0.123. The quantitative estimate of drug-likeness (QED) is 0.124. The van der Waals surface area contributed by atoms with Crippen LogP contribution in [0.1, 0.15) is 104 Å². The predicted octanol–water partition coefficient (Wildman–Crippen LogP) is 8.94. The standard InChI is InChI=1S/C30H44N4O3.C10H13F.C3H8/c1-5-22(3)21-37-28-12-8-7-11-25(28)17-23(4)18-32-30(36)27(20-34-15-9-10-16-34)33-26(24-13-14-24)19-31-29(35)6-2;1-3-4-9-6-5-8(2)7-10(9)11;1-3-2/h7-12,15-16,22-23,27,33H,5-6,13-14,17-21H2,1-4H3,(H,31,35)(H,32,36);5-7H,3-4H2,1-2H3;3H2,1-2H3/t22-,23?,27?;;/m1../s1. The van der Waals surface area contributed by atoms with E-state index < -0.39 is 6.04 Å². The van der Waals surface area contributed by atoms with Crippen LogP contribution in [0.4, 0.5) is 4.39 Å². The number of hydrogen-bond donors (Lipinski definition) is 3. The van der Waals surface area contributed by atoms with E-state index in [0.717, 1.165) is 61.1 Å². The predicted molar refractivity (Wildman–Crippen MR) is 209 cm³/mol. The van der Waals surface area contributed by atoms with Crippen LogP contribution < -0.4 is 20.7 Å². The fourth-order valence-corrected chi connectivity index (χ4v) is 5.19. The van der Waals surface area contributed by atoms with E-state index in [1.54, 1.807) is 6.07 Å². The number of para-hydroxylation sites is 1. The molecule has 1 fully saturated rings. The summed E-state index contributed by atoms with van der Waals surface area (Å²) in [5, 5.41) is 9.58. The molecule has 0 aliphatic heterocycles. The molecule has 2 amide bonds. The molecule has 0 saturated heterocycles. The average Bonchev–Trinajstić information content (AvgIpc) is 3.84. The molecule has 1 saturated carbocycles. The van der Waals surface area contributed by atoms with Gasteiger partial charge >= 0.3 is 0 Å². The number of carbonyl (C=O) groups excluding carboxylic acids is 2. The van der Waals surface area contributed by atoms with Gasteiger partial charge in [0.05, 0.1) is 19.7 Å². The molecule has 1 heterocycles. The number of amides is 2. The molecule has 1 aliphatic carbocycles. The van der Waals surface area contributed by atoms with Gasteiger partial charge in [0.25, 0.3) is 0 Å². The Kier molecular flexibility index (Phi) is 20.4. The summed E-state index contributed by atoms with van der Waals surface area (Å²) in [4.78, 5) is 25.2. The summed E-state index contributed by atoms with van der Waals surface area (Å²) in [6.45, 7) is 18.8. The van der Waals surface area contributed by atoms with Crippen molar-refractivity contribution in [2.75, 3.05) is 19.7 Å². The smallest absolute Gasteiger partial charge is 0.244 e. The van der Waals surface area contributed by atoms with Gasteiger partial charge in [0.2, 0.25) is 11.8 Å². The van der Waals surface area contributed by atoms with Crippen LogP contribution in [0.15, 0.2) is 78.3 Å². The highest BCUT2D eigenvalue weighted by Crippen LogP contribution is 2.30. The van der Waals surface area contributed by atoms with Crippen LogP contribution in [0.25, 0.3) is 0 Å². The third kappa shape index (κ3) is 17.1. The first kappa shape index (κ1) is 43.1. The molecular formula is C43H65FN4O3. The molecule has 2 unspecified atom stereocenters. The first-order valence-corrected chi connectivity index (χ1v) is 19.1. The number of carbonyl (C=O) groups is 2. The van der Waals surface area contributed by atoms with E-state index in [9.17, 15) is 14.0 Å². The Hall–Kier alpha value is -4.07. The third-order valence-electron chi connectivity index (χ3n) is 8.55. The van der Waals surface area contributed by atoms with Crippen molar-refractivity contribution in [3.63, 3.8) is 0 Å². The molecule has 2 aromatic carbocycles. The van der Waals surface area contributed by atoms with E-state index in [0.29, 0.717) is 38.6 Å². The number of benzene rings is 2. The van der Waals surface area contributed by atoms with Crippen molar-refractivity contribution in [3.8, 4) is 5.75 Å². The summed E-state index contributed by atoms with van der Waals surface area (Å²) in [7, 11) is 0. The SMILES string of the molecule is CCC.CCC(=O)NCC(NC(Cn1cccc1)C(=O)NCC(C)Cc1ccccc1OC[C@H](C)CC)=C1CC1.CCCc1ccc(C)cc1F. The minimum atomic E-state index is -0.438. The topological polar surface area (TPSA) is 84.4 Å². The maximum Gasteiger partial charge on any atom is 0.244 e. The van der Waals surface area contributed by atoms with Crippen LogP contribution in [0.2, 0.25) is 0 Å². The number of hydrogen-bond acceptors (Lipinski definition) is 4. The summed E-state index contributed by atoms with van der Waals surface area (Å²) in [5.74, 6) is 1.60. The van der Waals surface area contributed by atoms with Crippen molar-refractivity contribution in [2.45, 2.75) is 119 Å². The Morgan fingerprint density at radius 3 is 2.20 bits per heavy atom. The van der Waals surface area contributed by atoms with Gasteiger partial charge < -0.3 is 25.3 Å². The number of rotatable bonds is 18. The van der Waals surface area contributed by atoms with Crippen LogP contribution in [-0.4, -0.2) is 42.1 Å². The van der Waals surface area contributed by atoms with Crippen LogP contribution in [-0.2, 0) is 29.0 Å². The molecule has 0 bridgehead atoms. The number of aromatic nitrogens is 1. The Balaban J connectivity index is 0.000000538. The molecule has 1 aliphatic rings. The first-order valence-electron chi connectivity index (χ1n) is 19.1. The maximum absolute atomic E-state index is 13.4. The molecule has 3 atom stereocenters. The van der Waals surface area contributed by atoms with Gasteiger partial charge in [0, 0.05) is 31.1 Å². The van der Waals surface area contributed by atoms with Crippen molar-refractivity contribution in [2.24, 2.45) is 11.8 Å². The van der Waals surface area contributed by atoms with Gasteiger partial charge in [-0.15, -0.1) is 0 Å². The van der Waals surface area contributed by atoms with Crippen LogP contribution in [0.3, 0.4) is 0 Å². The van der Waals surface area contributed by atoms with E-state index in [1.807, 2.05) is 73.3 Å². The largest absolute Gasteiger partial charge is 0.493 e. The van der Waals surface area contributed by atoms with Gasteiger partial charge in [0.15, 0.2) is 0 Å². The number of halogens is 1. The fraction of sp³-hybridized carbons (Fsp3) is 0.535. The molecule has 4 rings (SSSR count). The van der Waals surface area contributed by atoms with Crippen molar-refractivity contribution in [3.05, 3.63) is 101 Å². The van der Waals surface area contributed by atoms with Gasteiger partial charge in [-0.3, -0.25) is 9.59 Å². The minimum absolute atomic E-state index is 0.00852. The Labute approximate surface area is 307 Å². The molecular weight excluding hydrogens is 639 g/mol. The van der Waals surface area contributed by atoms with Crippen LogP contribution in [0, 0.1) is 24.6 Å². The summed E-state index contributed by atoms with van der Waals surface area (Å²) in [6, 6.07) is 17.1. The van der Waals surface area contributed by atoms with Crippen LogP contribution >= 0.6 is 0 Å². The van der Waals surface area contributed by atoms with Crippen molar-refractivity contribution in [1.29, 1.82) is 0 Å². The third-order valence-corrected chi connectivity index (χ3v) is 8.55. The second-order valence-electron chi connectivity index (χ2n) is 13.8. The summed E-state index contributed by atoms with van der Waals surface area (Å²) < 4.78 is 21.1. The van der Waals surface area contributed by atoms with Gasteiger partial charge in [0.1, 0.15) is 17.6 Å². The molecule has 0 spiro atoms. The number of nitrogens with zero attached hydrogens (tertiary/aromatic N) is 1.